The van der Waals surface area contributed by atoms with Gasteiger partial charge in [-0.15, -0.1) is 0 Å². The van der Waals surface area contributed by atoms with Crippen LogP contribution in [0.4, 0.5) is 0 Å². The summed E-state index contributed by atoms with van der Waals surface area (Å²) in [5.74, 6) is -0.972. The monoisotopic (exact) mass is 300 g/mol. The molecule has 2 aromatic rings. The minimum Gasteiger partial charge on any atom is -0.478 e. The van der Waals surface area contributed by atoms with Gasteiger partial charge in [-0.3, -0.25) is 4.79 Å². The van der Waals surface area contributed by atoms with Crippen molar-refractivity contribution in [1.29, 1.82) is 0 Å². The number of rotatable bonds is 7. The molecular formula is C17H20N2O3. The predicted molar refractivity (Wildman–Crippen MR) is 86.3 cm³/mol. The van der Waals surface area contributed by atoms with Crippen LogP contribution in [-0.2, 0) is 6.54 Å². The van der Waals surface area contributed by atoms with Gasteiger partial charge in [0, 0.05) is 18.3 Å². The van der Waals surface area contributed by atoms with Gasteiger partial charge >= 0.3 is 5.97 Å². The molecule has 0 fully saturated rings. The number of aryl methyl sites for hydroxylation is 1. The van der Waals surface area contributed by atoms with Crippen molar-refractivity contribution in [2.75, 3.05) is 13.1 Å². The number of aromatic nitrogens is 1. The topological polar surface area (TPSA) is 71.3 Å². The zero-order valence-electron chi connectivity index (χ0n) is 12.6. The molecule has 5 nitrogen and oxygen atoms in total. The maximum Gasteiger partial charge on any atom is 0.335 e. The van der Waals surface area contributed by atoms with Gasteiger partial charge in [-0.05, 0) is 49.3 Å². The van der Waals surface area contributed by atoms with Crippen molar-refractivity contribution in [2.45, 2.75) is 19.9 Å². The Morgan fingerprint density at radius 2 is 1.95 bits per heavy atom. The number of carboxylic acid groups (broad SMARTS) is 1. The number of nitrogens with one attached hydrogen (secondary N) is 1. The molecule has 116 valence electrons. The standard InChI is InChI=1S/C17H20N2O3/c1-2-18-10-4-12-19-11-3-5-15(16(19)20)13-6-8-14(9-7-13)17(21)22/h3,5-9,11,18H,2,4,10,12H2,1H3,(H,21,22). The van der Waals surface area contributed by atoms with Crippen molar-refractivity contribution in [3.8, 4) is 11.1 Å². The zero-order chi connectivity index (χ0) is 15.9. The Kier molecular flexibility index (Phi) is 5.49. The first-order chi connectivity index (χ1) is 10.6. The minimum absolute atomic E-state index is 0.0536. The Morgan fingerprint density at radius 3 is 2.59 bits per heavy atom. The molecule has 2 N–H and O–H groups in total. The van der Waals surface area contributed by atoms with Gasteiger partial charge in [-0.2, -0.15) is 0 Å². The number of hydrogen-bond donors (Lipinski definition) is 2. The molecule has 0 amide bonds. The van der Waals surface area contributed by atoms with E-state index in [1.807, 2.05) is 13.0 Å². The van der Waals surface area contributed by atoms with Crippen LogP contribution in [0.25, 0.3) is 11.1 Å². The van der Waals surface area contributed by atoms with E-state index in [0.29, 0.717) is 12.1 Å². The van der Waals surface area contributed by atoms with Gasteiger partial charge in [0.1, 0.15) is 0 Å². The third-order valence-corrected chi connectivity index (χ3v) is 3.47. The van der Waals surface area contributed by atoms with Crippen LogP contribution in [0.3, 0.4) is 0 Å². The molecule has 1 heterocycles. The summed E-state index contributed by atoms with van der Waals surface area (Å²) in [4.78, 5) is 23.3. The Hall–Kier alpha value is -2.40. The summed E-state index contributed by atoms with van der Waals surface area (Å²) in [5.41, 5.74) is 1.48. The molecule has 2 rings (SSSR count). The van der Waals surface area contributed by atoms with E-state index < -0.39 is 5.97 Å². The van der Waals surface area contributed by atoms with Crippen molar-refractivity contribution in [1.82, 2.24) is 9.88 Å². The summed E-state index contributed by atoms with van der Waals surface area (Å²) in [6.07, 6.45) is 2.67. The second kappa shape index (κ2) is 7.56. The van der Waals surface area contributed by atoms with Crippen LogP contribution in [0.2, 0.25) is 0 Å². The number of aromatic carboxylic acids is 1. The molecular weight excluding hydrogens is 280 g/mol. The lowest BCUT2D eigenvalue weighted by Crippen LogP contribution is -2.23. The highest BCUT2D eigenvalue weighted by atomic mass is 16.4. The van der Waals surface area contributed by atoms with Crippen molar-refractivity contribution in [3.63, 3.8) is 0 Å². The van der Waals surface area contributed by atoms with Gasteiger partial charge < -0.3 is 15.0 Å². The molecule has 5 heteroatoms. The lowest BCUT2D eigenvalue weighted by atomic mass is 10.1. The fourth-order valence-electron chi connectivity index (χ4n) is 2.28. The molecule has 0 atom stereocenters. The Morgan fingerprint density at radius 1 is 1.23 bits per heavy atom. The molecule has 0 unspecified atom stereocenters. The number of pyridine rings is 1. The van der Waals surface area contributed by atoms with Crippen molar-refractivity contribution in [3.05, 3.63) is 58.5 Å². The smallest absolute Gasteiger partial charge is 0.335 e. The van der Waals surface area contributed by atoms with Gasteiger partial charge in [-0.1, -0.05) is 19.1 Å². The summed E-state index contributed by atoms with van der Waals surface area (Å²) in [7, 11) is 0. The number of benzene rings is 1. The maximum atomic E-state index is 12.5. The molecule has 0 saturated heterocycles. The van der Waals surface area contributed by atoms with Crippen molar-refractivity contribution < 1.29 is 9.90 Å². The van der Waals surface area contributed by atoms with E-state index >= 15 is 0 Å². The first kappa shape index (κ1) is 16.0. The van der Waals surface area contributed by atoms with Crippen LogP contribution >= 0.6 is 0 Å². The highest BCUT2D eigenvalue weighted by Gasteiger charge is 2.07. The van der Waals surface area contributed by atoms with E-state index in [1.165, 1.54) is 12.1 Å². The third-order valence-electron chi connectivity index (χ3n) is 3.47. The van der Waals surface area contributed by atoms with Crippen LogP contribution in [0, 0.1) is 0 Å². The Labute approximate surface area is 129 Å². The number of carboxylic acids is 1. The maximum absolute atomic E-state index is 12.5. The van der Waals surface area contributed by atoms with E-state index in [1.54, 1.807) is 29.0 Å². The van der Waals surface area contributed by atoms with Gasteiger partial charge in [-0.25, -0.2) is 4.79 Å². The van der Waals surface area contributed by atoms with E-state index in [9.17, 15) is 9.59 Å². The Bertz CT molecular complexity index is 690. The molecule has 0 bridgehead atoms. The quantitative estimate of drug-likeness (QED) is 0.769. The van der Waals surface area contributed by atoms with E-state index in [-0.39, 0.29) is 11.1 Å². The molecule has 0 radical (unpaired) electrons. The first-order valence-electron chi connectivity index (χ1n) is 7.37. The molecule has 22 heavy (non-hydrogen) atoms. The van der Waals surface area contributed by atoms with E-state index in [4.69, 9.17) is 5.11 Å². The Balaban J connectivity index is 2.21. The van der Waals surface area contributed by atoms with Crippen LogP contribution < -0.4 is 10.9 Å². The van der Waals surface area contributed by atoms with Crippen molar-refractivity contribution in [2.24, 2.45) is 0 Å². The lowest BCUT2D eigenvalue weighted by Gasteiger charge is -2.09. The summed E-state index contributed by atoms with van der Waals surface area (Å²) in [6, 6.07) is 9.97. The van der Waals surface area contributed by atoms with Gasteiger partial charge in [0.25, 0.3) is 5.56 Å². The van der Waals surface area contributed by atoms with E-state index in [0.717, 1.165) is 25.1 Å². The molecule has 1 aromatic carbocycles. The highest BCUT2D eigenvalue weighted by molar-refractivity contribution is 5.88. The highest BCUT2D eigenvalue weighted by Crippen LogP contribution is 2.16. The molecule has 0 aliphatic carbocycles. The molecule has 0 saturated carbocycles. The lowest BCUT2D eigenvalue weighted by molar-refractivity contribution is 0.0697. The second-order valence-electron chi connectivity index (χ2n) is 5.01. The molecule has 0 spiro atoms. The third kappa shape index (κ3) is 3.83. The SMILES string of the molecule is CCNCCCn1cccc(-c2ccc(C(=O)O)cc2)c1=O. The summed E-state index contributed by atoms with van der Waals surface area (Å²) >= 11 is 0. The molecule has 0 aliphatic rings. The van der Waals surface area contributed by atoms with Gasteiger partial charge in [0.2, 0.25) is 0 Å². The number of nitrogens with zero attached hydrogens (tertiary/aromatic N) is 1. The number of hydrogen-bond acceptors (Lipinski definition) is 3. The van der Waals surface area contributed by atoms with E-state index in [2.05, 4.69) is 5.32 Å². The summed E-state index contributed by atoms with van der Waals surface area (Å²) in [5, 5.41) is 12.1. The van der Waals surface area contributed by atoms with Crippen molar-refractivity contribution >= 4 is 5.97 Å². The van der Waals surface area contributed by atoms with Crippen LogP contribution in [0.15, 0.2) is 47.4 Å². The average molecular weight is 300 g/mol. The summed E-state index contributed by atoms with van der Waals surface area (Å²) in [6.45, 7) is 4.51. The van der Waals surface area contributed by atoms with Gasteiger partial charge in [0.05, 0.1) is 5.56 Å². The number of carbonyl (C=O) groups is 1. The second-order valence-corrected chi connectivity index (χ2v) is 5.01. The van der Waals surface area contributed by atoms with Gasteiger partial charge in [0.15, 0.2) is 0 Å². The van der Waals surface area contributed by atoms with Crippen LogP contribution in [0.1, 0.15) is 23.7 Å². The molecule has 1 aromatic heterocycles. The fraction of sp³-hybridized carbons (Fsp3) is 0.294. The first-order valence-corrected chi connectivity index (χ1v) is 7.37. The minimum atomic E-state index is -0.972. The average Bonchev–Trinajstić information content (AvgIpc) is 2.53. The van der Waals surface area contributed by atoms with Crippen LogP contribution in [0.5, 0.6) is 0 Å². The zero-order valence-corrected chi connectivity index (χ0v) is 12.6. The fourth-order valence-corrected chi connectivity index (χ4v) is 2.28. The summed E-state index contributed by atoms with van der Waals surface area (Å²) < 4.78 is 1.69. The predicted octanol–water partition coefficient (Wildman–Crippen LogP) is 2.21. The normalized spacial score (nSPS) is 10.6. The van der Waals surface area contributed by atoms with Crippen LogP contribution in [-0.4, -0.2) is 28.7 Å². The largest absolute Gasteiger partial charge is 0.478 e. The molecule has 0 aliphatic heterocycles.